The van der Waals surface area contributed by atoms with Gasteiger partial charge in [0.25, 0.3) is 0 Å². The van der Waals surface area contributed by atoms with E-state index in [9.17, 15) is 0 Å². The van der Waals surface area contributed by atoms with E-state index in [-0.39, 0.29) is 6.04 Å². The number of nitrogens with zero attached hydrogens (tertiary/aromatic N) is 1. The standard InChI is InChI=1S/C17H27ClN2/c1-3-13-7-9-20(10-8-13)17-6-5-15(18)11-14(17)12-16(19)4-2/h5-6,11,13,16H,3-4,7-10,12,19H2,1-2H3. The van der Waals surface area contributed by atoms with Gasteiger partial charge in [0, 0.05) is 29.8 Å². The third-order valence-electron chi connectivity index (χ3n) is 4.58. The Morgan fingerprint density at radius 3 is 2.60 bits per heavy atom. The zero-order chi connectivity index (χ0) is 14.5. The van der Waals surface area contributed by atoms with E-state index in [1.807, 2.05) is 6.07 Å². The van der Waals surface area contributed by atoms with Crippen molar-refractivity contribution < 1.29 is 0 Å². The Kier molecular flexibility index (Phi) is 5.74. The first-order valence-corrected chi connectivity index (χ1v) is 8.30. The Hall–Kier alpha value is -0.730. The van der Waals surface area contributed by atoms with Crippen molar-refractivity contribution in [3.8, 4) is 0 Å². The predicted octanol–water partition coefficient (Wildman–Crippen LogP) is 4.25. The molecule has 1 fully saturated rings. The van der Waals surface area contributed by atoms with Gasteiger partial charge in [-0.2, -0.15) is 0 Å². The number of piperidine rings is 1. The topological polar surface area (TPSA) is 29.3 Å². The van der Waals surface area contributed by atoms with Crippen LogP contribution in [0.4, 0.5) is 5.69 Å². The predicted molar refractivity (Wildman–Crippen MR) is 88.7 cm³/mol. The van der Waals surface area contributed by atoms with Crippen molar-refractivity contribution >= 4 is 17.3 Å². The van der Waals surface area contributed by atoms with Crippen molar-refractivity contribution in [1.82, 2.24) is 0 Å². The molecule has 1 heterocycles. The van der Waals surface area contributed by atoms with Crippen molar-refractivity contribution in [2.24, 2.45) is 11.7 Å². The molecule has 0 radical (unpaired) electrons. The molecule has 1 aliphatic heterocycles. The average Bonchev–Trinajstić information content (AvgIpc) is 2.47. The van der Waals surface area contributed by atoms with Gasteiger partial charge in [-0.05, 0) is 55.4 Å². The van der Waals surface area contributed by atoms with Crippen LogP contribution in [0.25, 0.3) is 0 Å². The molecule has 0 aromatic heterocycles. The fraction of sp³-hybridized carbons (Fsp3) is 0.647. The first-order valence-electron chi connectivity index (χ1n) is 7.93. The van der Waals surface area contributed by atoms with Crippen LogP contribution in [0.5, 0.6) is 0 Å². The highest BCUT2D eigenvalue weighted by Crippen LogP contribution is 2.30. The van der Waals surface area contributed by atoms with E-state index in [0.717, 1.165) is 36.9 Å². The molecule has 1 aromatic rings. The molecule has 1 saturated heterocycles. The smallest absolute Gasteiger partial charge is 0.0410 e. The zero-order valence-electron chi connectivity index (χ0n) is 12.7. The molecule has 0 spiro atoms. The van der Waals surface area contributed by atoms with E-state index in [2.05, 4.69) is 30.9 Å². The number of rotatable bonds is 5. The lowest BCUT2D eigenvalue weighted by molar-refractivity contribution is 0.394. The summed E-state index contributed by atoms with van der Waals surface area (Å²) >= 11 is 6.17. The summed E-state index contributed by atoms with van der Waals surface area (Å²) in [5.41, 5.74) is 8.78. The summed E-state index contributed by atoms with van der Waals surface area (Å²) in [4.78, 5) is 2.51. The number of halogens is 1. The Labute approximate surface area is 128 Å². The lowest BCUT2D eigenvalue weighted by Gasteiger charge is -2.35. The molecule has 0 saturated carbocycles. The van der Waals surface area contributed by atoms with Gasteiger partial charge in [0.05, 0.1) is 0 Å². The average molecular weight is 295 g/mol. The van der Waals surface area contributed by atoms with Gasteiger partial charge in [0.1, 0.15) is 0 Å². The summed E-state index contributed by atoms with van der Waals surface area (Å²) in [6.07, 6.45) is 5.84. The highest BCUT2D eigenvalue weighted by Gasteiger charge is 2.20. The van der Waals surface area contributed by atoms with Gasteiger partial charge in [0.2, 0.25) is 0 Å². The zero-order valence-corrected chi connectivity index (χ0v) is 13.5. The highest BCUT2D eigenvalue weighted by atomic mass is 35.5. The molecule has 0 bridgehead atoms. The number of nitrogens with two attached hydrogens (primary N) is 1. The summed E-state index contributed by atoms with van der Waals surface area (Å²) in [5.74, 6) is 0.903. The summed E-state index contributed by atoms with van der Waals surface area (Å²) in [7, 11) is 0. The highest BCUT2D eigenvalue weighted by molar-refractivity contribution is 6.30. The molecular weight excluding hydrogens is 268 g/mol. The quantitative estimate of drug-likeness (QED) is 0.880. The van der Waals surface area contributed by atoms with E-state index in [0.29, 0.717) is 0 Å². The van der Waals surface area contributed by atoms with Gasteiger partial charge in [-0.3, -0.25) is 0 Å². The molecule has 3 heteroatoms. The molecule has 2 N–H and O–H groups in total. The molecule has 0 amide bonds. The van der Waals surface area contributed by atoms with Crippen molar-refractivity contribution in [2.75, 3.05) is 18.0 Å². The lowest BCUT2D eigenvalue weighted by atomic mass is 9.93. The minimum absolute atomic E-state index is 0.223. The molecule has 1 atom stereocenters. The van der Waals surface area contributed by atoms with Crippen LogP contribution in [0.1, 0.15) is 45.1 Å². The number of hydrogen-bond donors (Lipinski definition) is 1. The van der Waals surface area contributed by atoms with Gasteiger partial charge >= 0.3 is 0 Å². The SMILES string of the molecule is CCC(N)Cc1cc(Cl)ccc1N1CCC(CC)CC1. The van der Waals surface area contributed by atoms with E-state index in [1.54, 1.807) is 0 Å². The Balaban J connectivity index is 2.14. The minimum atomic E-state index is 0.223. The molecule has 2 nitrogen and oxygen atoms in total. The molecule has 1 aliphatic rings. The van der Waals surface area contributed by atoms with Crippen LogP contribution >= 0.6 is 11.6 Å². The molecule has 112 valence electrons. The lowest BCUT2D eigenvalue weighted by Crippen LogP contribution is -2.34. The number of benzene rings is 1. The summed E-state index contributed by atoms with van der Waals surface area (Å²) in [5, 5.41) is 0.815. The van der Waals surface area contributed by atoms with Crippen molar-refractivity contribution in [2.45, 2.75) is 52.0 Å². The number of anilines is 1. The van der Waals surface area contributed by atoms with Gasteiger partial charge < -0.3 is 10.6 Å². The third kappa shape index (κ3) is 3.89. The molecule has 1 unspecified atom stereocenters. The fourth-order valence-electron chi connectivity index (χ4n) is 3.03. The molecule has 2 rings (SSSR count). The molecule has 1 aromatic carbocycles. The summed E-state index contributed by atoms with van der Waals surface area (Å²) < 4.78 is 0. The minimum Gasteiger partial charge on any atom is -0.371 e. The Morgan fingerprint density at radius 2 is 2.00 bits per heavy atom. The van der Waals surface area contributed by atoms with Gasteiger partial charge in [-0.15, -0.1) is 0 Å². The monoisotopic (exact) mass is 294 g/mol. The second-order valence-electron chi connectivity index (χ2n) is 5.98. The van der Waals surface area contributed by atoms with Gasteiger partial charge in [-0.25, -0.2) is 0 Å². The first kappa shape index (κ1) is 15.7. The molecular formula is C17H27ClN2. The van der Waals surface area contributed by atoms with E-state index in [4.69, 9.17) is 17.3 Å². The van der Waals surface area contributed by atoms with Crippen LogP contribution in [0.2, 0.25) is 5.02 Å². The fourth-order valence-corrected chi connectivity index (χ4v) is 3.23. The van der Waals surface area contributed by atoms with Crippen LogP contribution in [-0.2, 0) is 6.42 Å². The van der Waals surface area contributed by atoms with E-state index in [1.165, 1.54) is 30.5 Å². The maximum atomic E-state index is 6.17. The molecule has 0 aliphatic carbocycles. The second-order valence-corrected chi connectivity index (χ2v) is 6.42. The van der Waals surface area contributed by atoms with Crippen LogP contribution in [0.3, 0.4) is 0 Å². The van der Waals surface area contributed by atoms with E-state index < -0.39 is 0 Å². The number of hydrogen-bond acceptors (Lipinski definition) is 2. The summed E-state index contributed by atoms with van der Waals surface area (Å²) in [6, 6.07) is 6.49. The summed E-state index contributed by atoms with van der Waals surface area (Å²) in [6.45, 7) is 6.76. The Bertz CT molecular complexity index is 425. The van der Waals surface area contributed by atoms with Crippen LogP contribution in [0, 0.1) is 5.92 Å². The maximum Gasteiger partial charge on any atom is 0.0410 e. The first-order chi connectivity index (χ1) is 9.63. The van der Waals surface area contributed by atoms with Gasteiger partial charge in [-0.1, -0.05) is 31.9 Å². The maximum absolute atomic E-state index is 6.17. The third-order valence-corrected chi connectivity index (χ3v) is 4.82. The second kappa shape index (κ2) is 7.33. The van der Waals surface area contributed by atoms with Crippen LogP contribution in [0.15, 0.2) is 18.2 Å². The van der Waals surface area contributed by atoms with Gasteiger partial charge in [0.15, 0.2) is 0 Å². The van der Waals surface area contributed by atoms with Crippen LogP contribution < -0.4 is 10.6 Å². The van der Waals surface area contributed by atoms with Crippen LogP contribution in [-0.4, -0.2) is 19.1 Å². The Morgan fingerprint density at radius 1 is 1.30 bits per heavy atom. The molecule has 20 heavy (non-hydrogen) atoms. The van der Waals surface area contributed by atoms with Crippen molar-refractivity contribution in [3.05, 3.63) is 28.8 Å². The van der Waals surface area contributed by atoms with Crippen molar-refractivity contribution in [1.29, 1.82) is 0 Å². The normalized spacial score (nSPS) is 18.3. The van der Waals surface area contributed by atoms with Crippen molar-refractivity contribution in [3.63, 3.8) is 0 Å². The van der Waals surface area contributed by atoms with E-state index >= 15 is 0 Å². The largest absolute Gasteiger partial charge is 0.371 e.